The fourth-order valence-corrected chi connectivity index (χ4v) is 2.77. The number of thiophene rings is 1. The van der Waals surface area contributed by atoms with Crippen molar-refractivity contribution in [2.75, 3.05) is 5.43 Å². The predicted molar refractivity (Wildman–Crippen MR) is 70.6 cm³/mol. The van der Waals surface area contributed by atoms with E-state index in [0.717, 1.165) is 21.3 Å². The lowest BCUT2D eigenvalue weighted by Gasteiger charge is -2.01. The van der Waals surface area contributed by atoms with Crippen LogP contribution in [0, 0.1) is 5.82 Å². The van der Waals surface area contributed by atoms with Gasteiger partial charge < -0.3 is 5.43 Å². The van der Waals surface area contributed by atoms with E-state index >= 15 is 0 Å². The number of fused-ring (bicyclic) bond motifs is 1. The normalized spacial score (nSPS) is 10.8. The fourth-order valence-electron chi connectivity index (χ4n) is 1.79. The summed E-state index contributed by atoms with van der Waals surface area (Å²) >= 11 is 1.50. The molecule has 0 saturated heterocycles. The van der Waals surface area contributed by atoms with Crippen molar-refractivity contribution in [1.82, 2.24) is 9.97 Å². The van der Waals surface area contributed by atoms with E-state index in [0.29, 0.717) is 5.82 Å². The monoisotopic (exact) mass is 260 g/mol. The van der Waals surface area contributed by atoms with Gasteiger partial charge in [-0.1, -0.05) is 12.1 Å². The highest BCUT2D eigenvalue weighted by Gasteiger charge is 2.11. The lowest BCUT2D eigenvalue weighted by Crippen LogP contribution is -2.08. The summed E-state index contributed by atoms with van der Waals surface area (Å²) in [6, 6.07) is 6.33. The molecule has 0 atom stereocenters. The van der Waals surface area contributed by atoms with Gasteiger partial charge in [0.15, 0.2) is 5.82 Å². The molecule has 0 bridgehead atoms. The van der Waals surface area contributed by atoms with Crippen molar-refractivity contribution in [2.45, 2.75) is 0 Å². The van der Waals surface area contributed by atoms with Crippen LogP contribution < -0.4 is 11.3 Å². The number of nitrogens with two attached hydrogens (primary N) is 1. The van der Waals surface area contributed by atoms with E-state index < -0.39 is 0 Å². The first-order chi connectivity index (χ1) is 8.79. The third-order valence-electron chi connectivity index (χ3n) is 2.65. The molecule has 0 amide bonds. The van der Waals surface area contributed by atoms with Crippen LogP contribution in [-0.2, 0) is 0 Å². The molecule has 2 aromatic heterocycles. The van der Waals surface area contributed by atoms with Gasteiger partial charge in [0, 0.05) is 10.9 Å². The molecule has 0 aliphatic heterocycles. The molecular weight excluding hydrogens is 251 g/mol. The Morgan fingerprint density at radius 3 is 2.67 bits per heavy atom. The van der Waals surface area contributed by atoms with Crippen LogP contribution in [0.5, 0.6) is 0 Å². The maximum Gasteiger partial charge on any atom is 0.161 e. The Labute approximate surface area is 106 Å². The number of nitrogens with one attached hydrogen (secondary N) is 1. The molecule has 3 aromatic rings. The van der Waals surface area contributed by atoms with Gasteiger partial charge in [-0.15, -0.1) is 11.3 Å². The number of anilines is 1. The number of nitrogen functional groups attached to an aromatic ring is 1. The first-order valence-electron chi connectivity index (χ1n) is 5.24. The number of benzene rings is 1. The van der Waals surface area contributed by atoms with Gasteiger partial charge in [-0.25, -0.2) is 20.2 Å². The largest absolute Gasteiger partial charge is 0.307 e. The summed E-state index contributed by atoms with van der Waals surface area (Å²) in [6.07, 6.45) is 1.46. The quantitative estimate of drug-likeness (QED) is 0.549. The first kappa shape index (κ1) is 11.1. The van der Waals surface area contributed by atoms with Gasteiger partial charge in [-0.2, -0.15) is 0 Å². The number of nitrogens with zero attached hydrogens (tertiary/aromatic N) is 2. The van der Waals surface area contributed by atoms with Crippen molar-refractivity contribution in [1.29, 1.82) is 0 Å². The van der Waals surface area contributed by atoms with Crippen LogP contribution in [-0.4, -0.2) is 9.97 Å². The Bertz CT molecular complexity index is 693. The fraction of sp³-hybridized carbons (Fsp3) is 0. The third kappa shape index (κ3) is 1.71. The summed E-state index contributed by atoms with van der Waals surface area (Å²) in [7, 11) is 0. The smallest absolute Gasteiger partial charge is 0.161 e. The molecule has 18 heavy (non-hydrogen) atoms. The maximum absolute atomic E-state index is 12.9. The summed E-state index contributed by atoms with van der Waals surface area (Å²) in [5.74, 6) is 5.74. The highest BCUT2D eigenvalue weighted by atomic mass is 32.1. The third-order valence-corrected chi connectivity index (χ3v) is 3.62. The van der Waals surface area contributed by atoms with Gasteiger partial charge in [0.05, 0.1) is 10.2 Å². The first-order valence-corrected chi connectivity index (χ1v) is 6.12. The highest BCUT2D eigenvalue weighted by Crippen LogP contribution is 2.35. The molecule has 2 heterocycles. The van der Waals surface area contributed by atoms with Crippen LogP contribution in [0.15, 0.2) is 36.0 Å². The average molecular weight is 260 g/mol. The Morgan fingerprint density at radius 2 is 1.94 bits per heavy atom. The summed E-state index contributed by atoms with van der Waals surface area (Å²) in [5.41, 5.74) is 5.23. The molecule has 3 N–H and O–H groups in total. The number of rotatable bonds is 2. The average Bonchev–Trinajstić information content (AvgIpc) is 2.83. The molecule has 0 spiro atoms. The summed E-state index contributed by atoms with van der Waals surface area (Å²) in [6.45, 7) is 0. The van der Waals surface area contributed by atoms with Crippen molar-refractivity contribution in [3.8, 4) is 11.1 Å². The minimum absolute atomic E-state index is 0.253. The zero-order valence-electron chi connectivity index (χ0n) is 9.22. The van der Waals surface area contributed by atoms with Gasteiger partial charge in [0.1, 0.15) is 12.1 Å². The maximum atomic E-state index is 12.9. The molecule has 0 unspecified atom stereocenters. The summed E-state index contributed by atoms with van der Waals surface area (Å²) in [4.78, 5) is 8.31. The van der Waals surface area contributed by atoms with Crippen molar-refractivity contribution in [3.63, 3.8) is 0 Å². The van der Waals surface area contributed by atoms with Crippen LogP contribution in [0.3, 0.4) is 0 Å². The Kier molecular flexibility index (Phi) is 2.66. The minimum Gasteiger partial charge on any atom is -0.307 e. The summed E-state index contributed by atoms with van der Waals surface area (Å²) < 4.78 is 13.8. The molecule has 0 aliphatic rings. The van der Waals surface area contributed by atoms with E-state index in [-0.39, 0.29) is 5.82 Å². The molecule has 6 heteroatoms. The topological polar surface area (TPSA) is 63.8 Å². The number of hydrazine groups is 1. The summed E-state index contributed by atoms with van der Waals surface area (Å²) in [5, 5.41) is 1.97. The van der Waals surface area contributed by atoms with Gasteiger partial charge in [0.25, 0.3) is 0 Å². The predicted octanol–water partition coefficient (Wildman–Crippen LogP) is 2.78. The van der Waals surface area contributed by atoms with Crippen LogP contribution >= 0.6 is 11.3 Å². The second kappa shape index (κ2) is 4.32. The van der Waals surface area contributed by atoms with Gasteiger partial charge >= 0.3 is 0 Å². The Morgan fingerprint density at radius 1 is 1.17 bits per heavy atom. The van der Waals surface area contributed by atoms with E-state index in [2.05, 4.69) is 15.4 Å². The zero-order valence-corrected chi connectivity index (χ0v) is 10.0. The number of halogens is 1. The van der Waals surface area contributed by atoms with Crippen molar-refractivity contribution in [2.24, 2.45) is 5.84 Å². The number of hydrogen-bond acceptors (Lipinski definition) is 5. The molecule has 4 nitrogen and oxygen atoms in total. The molecule has 90 valence electrons. The van der Waals surface area contributed by atoms with Gasteiger partial charge in [0.2, 0.25) is 0 Å². The Balaban J connectivity index is 2.21. The highest BCUT2D eigenvalue weighted by molar-refractivity contribution is 7.18. The zero-order chi connectivity index (χ0) is 12.5. The molecule has 1 aromatic carbocycles. The van der Waals surface area contributed by atoms with Crippen LogP contribution in [0.2, 0.25) is 0 Å². The SMILES string of the molecule is NNc1ncnc2c(-c3ccc(F)cc3)csc12. The molecule has 0 saturated carbocycles. The van der Waals surface area contributed by atoms with E-state index in [9.17, 15) is 4.39 Å². The number of hydrogen-bond donors (Lipinski definition) is 2. The molecular formula is C12H9FN4S. The van der Waals surface area contributed by atoms with Crippen molar-refractivity contribution in [3.05, 3.63) is 41.8 Å². The van der Waals surface area contributed by atoms with Gasteiger partial charge in [-0.3, -0.25) is 0 Å². The van der Waals surface area contributed by atoms with E-state index in [1.54, 1.807) is 12.1 Å². The lowest BCUT2D eigenvalue weighted by molar-refractivity contribution is 0.628. The van der Waals surface area contributed by atoms with Crippen LogP contribution in [0.1, 0.15) is 0 Å². The molecule has 0 fully saturated rings. The van der Waals surface area contributed by atoms with Crippen LogP contribution in [0.25, 0.3) is 21.3 Å². The lowest BCUT2D eigenvalue weighted by atomic mass is 10.1. The second-order valence-corrected chi connectivity index (χ2v) is 4.58. The van der Waals surface area contributed by atoms with Crippen LogP contribution in [0.4, 0.5) is 10.2 Å². The van der Waals surface area contributed by atoms with Crippen molar-refractivity contribution < 1.29 is 4.39 Å². The number of aromatic nitrogens is 2. The van der Waals surface area contributed by atoms with Crippen molar-refractivity contribution >= 4 is 27.4 Å². The molecule has 0 radical (unpaired) electrons. The van der Waals surface area contributed by atoms with E-state index in [4.69, 9.17) is 5.84 Å². The molecule has 3 rings (SSSR count). The van der Waals surface area contributed by atoms with E-state index in [1.165, 1.54) is 29.8 Å². The standard InChI is InChI=1S/C12H9FN4S/c13-8-3-1-7(2-4-8)9-5-18-11-10(9)15-6-16-12(11)17-14/h1-6H,14H2,(H,15,16,17). The van der Waals surface area contributed by atoms with E-state index in [1.807, 2.05) is 5.38 Å². The van der Waals surface area contributed by atoms with Gasteiger partial charge in [-0.05, 0) is 17.7 Å². The minimum atomic E-state index is -0.253. The Hall–Kier alpha value is -2.05. The molecule has 0 aliphatic carbocycles. The second-order valence-electron chi connectivity index (χ2n) is 3.70.